The van der Waals surface area contributed by atoms with Crippen molar-refractivity contribution in [1.29, 1.82) is 0 Å². The van der Waals surface area contributed by atoms with Gasteiger partial charge in [-0.15, -0.1) is 0 Å². The molecule has 6 nitrogen and oxygen atoms in total. The summed E-state index contributed by atoms with van der Waals surface area (Å²) in [7, 11) is 0. The van der Waals surface area contributed by atoms with Gasteiger partial charge in [0, 0.05) is 11.8 Å². The summed E-state index contributed by atoms with van der Waals surface area (Å²) >= 11 is 0. The van der Waals surface area contributed by atoms with Gasteiger partial charge in [-0.1, -0.05) is 12.2 Å². The number of hydrogen-bond donors (Lipinski definition) is 2. The molecule has 0 aromatic carbocycles. The molecule has 0 aliphatic heterocycles. The zero-order valence-corrected chi connectivity index (χ0v) is 9.46. The monoisotopic (exact) mass is 241 g/mol. The van der Waals surface area contributed by atoms with Crippen LogP contribution in [0.3, 0.4) is 0 Å². The topological polar surface area (TPSA) is 98.9 Å². The largest absolute Gasteiger partial charge is 0.508 e. The summed E-state index contributed by atoms with van der Waals surface area (Å²) in [6.07, 6.45) is 2.52. The second-order valence-corrected chi connectivity index (χ2v) is 4.35. The number of hydrogen-bond acceptors (Lipinski definition) is 5. The molecule has 0 amide bonds. The smallest absolute Gasteiger partial charge is 0.480 e. The van der Waals surface area contributed by atoms with Gasteiger partial charge in [0.25, 0.3) is 0 Å². The molecule has 1 fully saturated rings. The molecular weight excluding hydrogens is 226 g/mol. The highest BCUT2D eigenvalue weighted by Crippen LogP contribution is 2.46. The highest BCUT2D eigenvalue weighted by molar-refractivity contribution is 5.82. The minimum Gasteiger partial charge on any atom is -0.480 e. The van der Waals surface area contributed by atoms with Crippen molar-refractivity contribution in [3.8, 4) is 0 Å². The van der Waals surface area contributed by atoms with E-state index in [1.165, 1.54) is 0 Å². The van der Waals surface area contributed by atoms with Crippen LogP contribution in [0.5, 0.6) is 0 Å². The summed E-state index contributed by atoms with van der Waals surface area (Å²) in [5, 5.41) is 9.22. The van der Waals surface area contributed by atoms with Gasteiger partial charge in [0.05, 0.1) is 6.61 Å². The lowest BCUT2D eigenvalue weighted by atomic mass is 9.83. The summed E-state index contributed by atoms with van der Waals surface area (Å²) in [6, 6.07) is 0. The Bertz CT molecular complexity index is 380. The molecule has 0 aromatic heterocycles. The van der Waals surface area contributed by atoms with Crippen LogP contribution in [0, 0.1) is 11.8 Å². The third kappa shape index (κ3) is 1.68. The molecule has 2 bridgehead atoms. The average molecular weight is 241 g/mol. The van der Waals surface area contributed by atoms with E-state index in [4.69, 9.17) is 10.5 Å². The summed E-state index contributed by atoms with van der Waals surface area (Å²) in [5.41, 5.74) is 4.36. The molecule has 0 saturated heterocycles. The molecule has 94 valence electrons. The first-order chi connectivity index (χ1) is 8.00. The first kappa shape index (κ1) is 11.9. The van der Waals surface area contributed by atoms with Crippen molar-refractivity contribution in [3.05, 3.63) is 12.2 Å². The lowest BCUT2D eigenvalue weighted by Crippen LogP contribution is -2.61. The van der Waals surface area contributed by atoms with Gasteiger partial charge in [-0.2, -0.15) is 0 Å². The average Bonchev–Trinajstić information content (AvgIpc) is 2.81. The normalized spacial score (nSPS) is 38.1. The number of ether oxygens (including phenoxy) is 2. The Kier molecular flexibility index (Phi) is 2.82. The fourth-order valence-electron chi connectivity index (χ4n) is 2.59. The predicted octanol–water partition coefficient (Wildman–Crippen LogP) is 0.516. The molecule has 0 heterocycles. The highest BCUT2D eigenvalue weighted by Gasteiger charge is 2.61. The van der Waals surface area contributed by atoms with Crippen molar-refractivity contribution in [2.24, 2.45) is 17.6 Å². The molecule has 2 aliphatic carbocycles. The number of nitrogens with two attached hydrogens (primary N) is 1. The van der Waals surface area contributed by atoms with E-state index in [9.17, 15) is 14.7 Å². The van der Waals surface area contributed by atoms with Crippen molar-refractivity contribution in [1.82, 2.24) is 0 Å². The van der Waals surface area contributed by atoms with Crippen molar-refractivity contribution < 1.29 is 24.2 Å². The van der Waals surface area contributed by atoms with Crippen LogP contribution in [0.2, 0.25) is 0 Å². The van der Waals surface area contributed by atoms with Gasteiger partial charge < -0.3 is 20.3 Å². The molecule has 17 heavy (non-hydrogen) atoms. The molecule has 0 aromatic rings. The minimum atomic E-state index is -1.54. The Balaban J connectivity index is 2.17. The second kappa shape index (κ2) is 4.03. The standard InChI is InChI=1S/C11H15NO5/c1-2-16-10(15)17-8-6-3-4-7(5-6)11(8,12)9(13)14/h3-4,6-8H,2,5,12H2,1H3,(H,13,14). The van der Waals surface area contributed by atoms with Crippen LogP contribution in [-0.2, 0) is 14.3 Å². The maximum atomic E-state index is 11.3. The Morgan fingerprint density at radius 2 is 2.24 bits per heavy atom. The number of rotatable bonds is 3. The molecular formula is C11H15NO5. The van der Waals surface area contributed by atoms with Crippen LogP contribution in [0.15, 0.2) is 12.2 Å². The Labute approximate surface area is 98.4 Å². The van der Waals surface area contributed by atoms with Gasteiger partial charge in [-0.05, 0) is 13.3 Å². The van der Waals surface area contributed by atoms with Crippen molar-refractivity contribution in [2.45, 2.75) is 25.0 Å². The van der Waals surface area contributed by atoms with E-state index in [-0.39, 0.29) is 18.4 Å². The molecule has 4 atom stereocenters. The minimum absolute atomic E-state index is 0.134. The molecule has 2 rings (SSSR count). The summed E-state index contributed by atoms with van der Waals surface area (Å²) in [4.78, 5) is 22.5. The Morgan fingerprint density at radius 1 is 1.53 bits per heavy atom. The molecule has 3 N–H and O–H groups in total. The SMILES string of the molecule is CCOC(=O)OC1C2C=CC(C2)C1(N)C(=O)O. The van der Waals surface area contributed by atoms with Gasteiger partial charge >= 0.3 is 12.1 Å². The number of aliphatic carboxylic acids is 1. The van der Waals surface area contributed by atoms with E-state index in [0.717, 1.165) is 0 Å². The summed E-state index contributed by atoms with van der Waals surface area (Å²) in [6.45, 7) is 1.83. The fraction of sp³-hybridized carbons (Fsp3) is 0.636. The lowest BCUT2D eigenvalue weighted by Gasteiger charge is -2.33. The zero-order valence-electron chi connectivity index (χ0n) is 9.46. The number of carboxylic acid groups (broad SMARTS) is 1. The van der Waals surface area contributed by atoms with Gasteiger partial charge in [0.2, 0.25) is 0 Å². The van der Waals surface area contributed by atoms with E-state index in [2.05, 4.69) is 4.74 Å². The van der Waals surface area contributed by atoms with Gasteiger partial charge in [0.1, 0.15) is 6.10 Å². The van der Waals surface area contributed by atoms with E-state index < -0.39 is 23.8 Å². The molecule has 2 aliphatic rings. The third-order valence-electron chi connectivity index (χ3n) is 3.45. The van der Waals surface area contributed by atoms with E-state index >= 15 is 0 Å². The summed E-state index contributed by atoms with van der Waals surface area (Å²) < 4.78 is 9.70. The lowest BCUT2D eigenvalue weighted by molar-refractivity contribution is -0.149. The number of carboxylic acids is 1. The number of carbonyl (C=O) groups excluding carboxylic acids is 1. The van der Waals surface area contributed by atoms with E-state index in [1.807, 2.05) is 6.08 Å². The Morgan fingerprint density at radius 3 is 2.82 bits per heavy atom. The zero-order chi connectivity index (χ0) is 12.6. The van der Waals surface area contributed by atoms with Crippen molar-refractivity contribution >= 4 is 12.1 Å². The molecule has 1 saturated carbocycles. The van der Waals surface area contributed by atoms with Crippen LogP contribution >= 0.6 is 0 Å². The van der Waals surface area contributed by atoms with Gasteiger partial charge in [-0.3, -0.25) is 4.79 Å². The van der Waals surface area contributed by atoms with E-state index in [0.29, 0.717) is 6.42 Å². The fourth-order valence-corrected chi connectivity index (χ4v) is 2.59. The highest BCUT2D eigenvalue weighted by atomic mass is 16.7. The first-order valence-corrected chi connectivity index (χ1v) is 5.54. The van der Waals surface area contributed by atoms with Gasteiger partial charge in [-0.25, -0.2) is 4.79 Å². The van der Waals surface area contributed by atoms with Gasteiger partial charge in [0.15, 0.2) is 5.54 Å². The third-order valence-corrected chi connectivity index (χ3v) is 3.45. The molecule has 4 unspecified atom stereocenters. The summed E-state index contributed by atoms with van der Waals surface area (Å²) in [5.74, 6) is -1.57. The second-order valence-electron chi connectivity index (χ2n) is 4.35. The van der Waals surface area contributed by atoms with Crippen molar-refractivity contribution in [3.63, 3.8) is 0 Å². The molecule has 6 heteroatoms. The van der Waals surface area contributed by atoms with Crippen LogP contribution in [0.25, 0.3) is 0 Å². The van der Waals surface area contributed by atoms with Crippen molar-refractivity contribution in [2.75, 3.05) is 6.61 Å². The van der Waals surface area contributed by atoms with Crippen LogP contribution in [-0.4, -0.2) is 35.5 Å². The van der Waals surface area contributed by atoms with Crippen LogP contribution in [0.1, 0.15) is 13.3 Å². The molecule has 0 radical (unpaired) electrons. The van der Waals surface area contributed by atoms with E-state index in [1.54, 1.807) is 13.0 Å². The number of fused-ring (bicyclic) bond motifs is 2. The number of carbonyl (C=O) groups is 2. The Hall–Kier alpha value is -1.56. The van der Waals surface area contributed by atoms with Crippen LogP contribution in [0.4, 0.5) is 4.79 Å². The first-order valence-electron chi connectivity index (χ1n) is 5.54. The van der Waals surface area contributed by atoms with Crippen LogP contribution < -0.4 is 5.73 Å². The molecule has 0 spiro atoms. The maximum absolute atomic E-state index is 11.3. The maximum Gasteiger partial charge on any atom is 0.508 e. The quantitative estimate of drug-likeness (QED) is 0.552. The predicted molar refractivity (Wildman–Crippen MR) is 57.2 cm³/mol.